The molecular formula is C16H25N3. The number of piperidine rings is 1. The van der Waals surface area contributed by atoms with Crippen molar-refractivity contribution < 1.29 is 0 Å². The second-order valence-electron chi connectivity index (χ2n) is 6.18. The van der Waals surface area contributed by atoms with Crippen molar-refractivity contribution in [2.75, 3.05) is 11.4 Å². The van der Waals surface area contributed by atoms with E-state index in [0.29, 0.717) is 0 Å². The molecule has 0 radical (unpaired) electrons. The topological polar surface area (TPSA) is 42.1 Å². The van der Waals surface area contributed by atoms with Crippen molar-refractivity contribution in [1.82, 2.24) is 4.98 Å². The predicted octanol–water partition coefficient (Wildman–Crippen LogP) is 3.26. The maximum Gasteiger partial charge on any atom is 0.129 e. The maximum absolute atomic E-state index is 6.00. The number of aromatic nitrogens is 1. The van der Waals surface area contributed by atoms with Crippen LogP contribution in [0.15, 0.2) is 18.3 Å². The van der Waals surface area contributed by atoms with Crippen LogP contribution in [0.3, 0.4) is 0 Å². The summed E-state index contributed by atoms with van der Waals surface area (Å²) in [4.78, 5) is 7.16. The SMILES string of the molecule is C[C@@H](N)c1ccnc(N2CCCC3CCCCC32)c1. The van der Waals surface area contributed by atoms with Gasteiger partial charge in [-0.3, -0.25) is 0 Å². The lowest BCUT2D eigenvalue weighted by atomic mass is 9.78. The van der Waals surface area contributed by atoms with E-state index in [9.17, 15) is 0 Å². The molecule has 1 aliphatic heterocycles. The Kier molecular flexibility index (Phi) is 3.74. The molecule has 104 valence electrons. The number of pyridine rings is 1. The molecule has 1 aromatic heterocycles. The van der Waals surface area contributed by atoms with Gasteiger partial charge in [-0.2, -0.15) is 0 Å². The molecule has 3 rings (SSSR count). The lowest BCUT2D eigenvalue weighted by Gasteiger charge is -2.45. The van der Waals surface area contributed by atoms with Crippen LogP contribution < -0.4 is 10.6 Å². The molecule has 1 aliphatic carbocycles. The lowest BCUT2D eigenvalue weighted by molar-refractivity contribution is 0.242. The van der Waals surface area contributed by atoms with Gasteiger partial charge in [0.25, 0.3) is 0 Å². The molecule has 1 saturated heterocycles. The molecule has 2 aliphatic rings. The van der Waals surface area contributed by atoms with E-state index >= 15 is 0 Å². The van der Waals surface area contributed by atoms with Crippen LogP contribution in [-0.2, 0) is 0 Å². The molecule has 2 unspecified atom stereocenters. The third-order valence-corrected chi connectivity index (χ3v) is 4.83. The number of nitrogens with two attached hydrogens (primary N) is 1. The fourth-order valence-electron chi connectivity index (χ4n) is 3.78. The molecule has 2 N–H and O–H groups in total. The molecule has 0 spiro atoms. The van der Waals surface area contributed by atoms with Gasteiger partial charge in [0.1, 0.15) is 5.82 Å². The number of fused-ring (bicyclic) bond motifs is 1. The number of anilines is 1. The van der Waals surface area contributed by atoms with Crippen molar-refractivity contribution in [1.29, 1.82) is 0 Å². The van der Waals surface area contributed by atoms with Gasteiger partial charge in [-0.05, 0) is 56.2 Å². The van der Waals surface area contributed by atoms with Gasteiger partial charge in [0, 0.05) is 24.8 Å². The summed E-state index contributed by atoms with van der Waals surface area (Å²) in [6, 6.07) is 5.05. The quantitative estimate of drug-likeness (QED) is 0.886. The van der Waals surface area contributed by atoms with Gasteiger partial charge in [0.05, 0.1) is 0 Å². The number of rotatable bonds is 2. The Morgan fingerprint density at radius 1 is 1.26 bits per heavy atom. The third kappa shape index (κ3) is 2.62. The first-order chi connectivity index (χ1) is 9.25. The summed E-state index contributed by atoms with van der Waals surface area (Å²) in [6.07, 6.45) is 10.2. The first kappa shape index (κ1) is 12.9. The Hall–Kier alpha value is -1.09. The Morgan fingerprint density at radius 2 is 2.05 bits per heavy atom. The lowest BCUT2D eigenvalue weighted by Crippen LogP contribution is -2.47. The van der Waals surface area contributed by atoms with Crippen LogP contribution >= 0.6 is 0 Å². The van der Waals surface area contributed by atoms with Crippen molar-refractivity contribution in [3.8, 4) is 0 Å². The van der Waals surface area contributed by atoms with E-state index in [0.717, 1.165) is 24.3 Å². The van der Waals surface area contributed by atoms with E-state index in [1.165, 1.54) is 44.1 Å². The molecule has 3 heteroatoms. The molecule has 19 heavy (non-hydrogen) atoms. The zero-order valence-electron chi connectivity index (χ0n) is 11.9. The summed E-state index contributed by atoms with van der Waals surface area (Å²) in [7, 11) is 0. The Morgan fingerprint density at radius 3 is 2.89 bits per heavy atom. The van der Waals surface area contributed by atoms with Crippen LogP contribution in [0.25, 0.3) is 0 Å². The summed E-state index contributed by atoms with van der Waals surface area (Å²) >= 11 is 0. The van der Waals surface area contributed by atoms with Crippen LogP contribution in [0.5, 0.6) is 0 Å². The van der Waals surface area contributed by atoms with Crippen LogP contribution in [-0.4, -0.2) is 17.6 Å². The number of hydrogen-bond donors (Lipinski definition) is 1. The summed E-state index contributed by atoms with van der Waals surface area (Å²) < 4.78 is 0. The Balaban J connectivity index is 1.85. The Bertz CT molecular complexity index is 428. The minimum Gasteiger partial charge on any atom is -0.353 e. The molecule has 0 bridgehead atoms. The van der Waals surface area contributed by atoms with Crippen molar-refractivity contribution >= 4 is 5.82 Å². The van der Waals surface area contributed by atoms with E-state index in [2.05, 4.69) is 16.0 Å². The summed E-state index contributed by atoms with van der Waals surface area (Å²) in [6.45, 7) is 3.20. The Labute approximate surface area is 116 Å². The second-order valence-corrected chi connectivity index (χ2v) is 6.18. The van der Waals surface area contributed by atoms with Gasteiger partial charge in [-0.1, -0.05) is 12.8 Å². The van der Waals surface area contributed by atoms with E-state index in [4.69, 9.17) is 5.73 Å². The average molecular weight is 259 g/mol. The van der Waals surface area contributed by atoms with E-state index < -0.39 is 0 Å². The third-order valence-electron chi connectivity index (χ3n) is 4.83. The van der Waals surface area contributed by atoms with Crippen LogP contribution in [0.2, 0.25) is 0 Å². The minimum absolute atomic E-state index is 0.0914. The van der Waals surface area contributed by atoms with Crippen LogP contribution in [0.4, 0.5) is 5.82 Å². The maximum atomic E-state index is 6.00. The largest absolute Gasteiger partial charge is 0.353 e. The van der Waals surface area contributed by atoms with Gasteiger partial charge in [0.15, 0.2) is 0 Å². The highest BCUT2D eigenvalue weighted by Gasteiger charge is 2.33. The van der Waals surface area contributed by atoms with Crippen LogP contribution in [0.1, 0.15) is 57.1 Å². The van der Waals surface area contributed by atoms with E-state index in [-0.39, 0.29) is 6.04 Å². The van der Waals surface area contributed by atoms with Crippen molar-refractivity contribution in [3.63, 3.8) is 0 Å². The highest BCUT2D eigenvalue weighted by molar-refractivity contribution is 5.43. The molecule has 2 heterocycles. The average Bonchev–Trinajstić information content (AvgIpc) is 2.47. The highest BCUT2D eigenvalue weighted by atomic mass is 15.2. The van der Waals surface area contributed by atoms with Crippen molar-refractivity contribution in [3.05, 3.63) is 23.9 Å². The summed E-state index contributed by atoms with van der Waals surface area (Å²) in [5.41, 5.74) is 7.19. The van der Waals surface area contributed by atoms with Gasteiger partial charge >= 0.3 is 0 Å². The van der Waals surface area contributed by atoms with Crippen LogP contribution in [0, 0.1) is 5.92 Å². The number of hydrogen-bond acceptors (Lipinski definition) is 3. The monoisotopic (exact) mass is 259 g/mol. The smallest absolute Gasteiger partial charge is 0.129 e. The summed E-state index contributed by atoms with van der Waals surface area (Å²) in [5, 5.41) is 0. The molecular weight excluding hydrogens is 234 g/mol. The highest BCUT2D eigenvalue weighted by Crippen LogP contribution is 2.37. The molecule has 3 nitrogen and oxygen atoms in total. The van der Waals surface area contributed by atoms with Gasteiger partial charge in [0.2, 0.25) is 0 Å². The zero-order valence-corrected chi connectivity index (χ0v) is 11.9. The van der Waals surface area contributed by atoms with Crippen molar-refractivity contribution in [2.45, 2.75) is 57.5 Å². The molecule has 2 fully saturated rings. The standard InChI is InChI=1S/C16H25N3/c1-12(17)14-8-9-18-16(11-14)19-10-4-6-13-5-2-3-7-15(13)19/h8-9,11-13,15H,2-7,10,17H2,1H3/t12-,13?,15?/m1/s1. The van der Waals surface area contributed by atoms with Gasteiger partial charge < -0.3 is 10.6 Å². The summed E-state index contributed by atoms with van der Waals surface area (Å²) in [5.74, 6) is 2.04. The first-order valence-electron chi connectivity index (χ1n) is 7.74. The fourth-order valence-corrected chi connectivity index (χ4v) is 3.78. The molecule has 3 atom stereocenters. The molecule has 0 aromatic carbocycles. The molecule has 0 amide bonds. The van der Waals surface area contributed by atoms with Crippen molar-refractivity contribution in [2.24, 2.45) is 11.7 Å². The van der Waals surface area contributed by atoms with Gasteiger partial charge in [-0.25, -0.2) is 4.98 Å². The molecule has 1 aromatic rings. The molecule has 1 saturated carbocycles. The van der Waals surface area contributed by atoms with Gasteiger partial charge in [-0.15, -0.1) is 0 Å². The second kappa shape index (κ2) is 5.49. The minimum atomic E-state index is 0.0914. The van der Waals surface area contributed by atoms with E-state index in [1.54, 1.807) is 0 Å². The fraction of sp³-hybridized carbons (Fsp3) is 0.688. The first-order valence-corrected chi connectivity index (χ1v) is 7.74. The number of nitrogens with zero attached hydrogens (tertiary/aromatic N) is 2. The predicted molar refractivity (Wildman–Crippen MR) is 79.2 cm³/mol. The van der Waals surface area contributed by atoms with E-state index in [1.807, 2.05) is 19.2 Å². The normalized spacial score (nSPS) is 28.8. The zero-order chi connectivity index (χ0) is 13.2.